The first-order valence-electron chi connectivity index (χ1n) is 9.00. The maximum Gasteiger partial charge on any atom is 0.319 e. The monoisotopic (exact) mass is 390 g/mol. The van der Waals surface area contributed by atoms with Gasteiger partial charge in [-0.2, -0.15) is 10.2 Å². The Balaban J connectivity index is 1.38. The van der Waals surface area contributed by atoms with Crippen LogP contribution in [0.25, 0.3) is 11.5 Å². The van der Waals surface area contributed by atoms with Gasteiger partial charge in [-0.15, -0.1) is 0 Å². The van der Waals surface area contributed by atoms with E-state index in [4.69, 9.17) is 9.78 Å². The molecule has 3 aromatic rings. The van der Waals surface area contributed by atoms with Gasteiger partial charge in [-0.3, -0.25) is 9.88 Å². The first-order chi connectivity index (χ1) is 14.1. The molecule has 0 aliphatic carbocycles. The van der Waals surface area contributed by atoms with Gasteiger partial charge in [0.25, 0.3) is 0 Å². The highest BCUT2D eigenvalue weighted by Gasteiger charge is 2.35. The lowest BCUT2D eigenvalue weighted by Crippen LogP contribution is -2.39. The first kappa shape index (κ1) is 18.5. The molecule has 4 rings (SSSR count). The average molecular weight is 390 g/mol. The molecule has 0 radical (unpaired) electrons. The first-order valence-corrected chi connectivity index (χ1v) is 9.00. The van der Waals surface area contributed by atoms with Crippen molar-refractivity contribution < 1.29 is 9.32 Å². The molecule has 10 heteroatoms. The van der Waals surface area contributed by atoms with E-state index in [1.807, 2.05) is 13.1 Å². The summed E-state index contributed by atoms with van der Waals surface area (Å²) in [7, 11) is 1.94. The van der Waals surface area contributed by atoms with Gasteiger partial charge in [0, 0.05) is 30.7 Å². The summed E-state index contributed by atoms with van der Waals surface area (Å²) in [6.07, 6.45) is 5.35. The van der Waals surface area contributed by atoms with E-state index in [0.29, 0.717) is 41.6 Å². The van der Waals surface area contributed by atoms with Crippen LogP contribution in [-0.4, -0.2) is 50.7 Å². The minimum Gasteiger partial charge on any atom is -0.337 e. The van der Waals surface area contributed by atoms with Crippen molar-refractivity contribution in [3.05, 3.63) is 54.3 Å². The summed E-state index contributed by atoms with van der Waals surface area (Å²) < 4.78 is 5.42. The molecule has 0 unspecified atom stereocenters. The number of hydrogen-bond acceptors (Lipinski definition) is 8. The molecule has 1 aliphatic rings. The molecule has 0 spiro atoms. The molecule has 0 saturated carbocycles. The topological polar surface area (TPSA) is 133 Å². The number of carbonyl (C=O) groups is 1. The van der Waals surface area contributed by atoms with Crippen LogP contribution in [0.3, 0.4) is 0 Å². The third-order valence-corrected chi connectivity index (χ3v) is 4.65. The minimum absolute atomic E-state index is 0.0870. The summed E-state index contributed by atoms with van der Waals surface area (Å²) >= 11 is 0. The van der Waals surface area contributed by atoms with Crippen molar-refractivity contribution in [2.45, 2.75) is 18.5 Å². The van der Waals surface area contributed by atoms with Crippen molar-refractivity contribution in [3.8, 4) is 17.6 Å². The molecule has 29 heavy (non-hydrogen) atoms. The molecule has 10 nitrogen and oxygen atoms in total. The fourth-order valence-corrected chi connectivity index (χ4v) is 3.30. The Morgan fingerprint density at radius 2 is 2.28 bits per heavy atom. The van der Waals surface area contributed by atoms with Gasteiger partial charge in [0.05, 0.1) is 23.9 Å². The summed E-state index contributed by atoms with van der Waals surface area (Å²) in [5, 5.41) is 18.6. The number of benzene rings is 1. The highest BCUT2D eigenvalue weighted by atomic mass is 16.5. The van der Waals surface area contributed by atoms with E-state index in [2.05, 4.69) is 35.6 Å². The zero-order valence-electron chi connectivity index (χ0n) is 15.6. The molecule has 2 aromatic heterocycles. The molecule has 3 heterocycles. The van der Waals surface area contributed by atoms with Crippen molar-refractivity contribution in [2.75, 3.05) is 18.9 Å². The van der Waals surface area contributed by atoms with Crippen molar-refractivity contribution >= 4 is 11.7 Å². The van der Waals surface area contributed by atoms with Gasteiger partial charge in [-0.05, 0) is 31.7 Å². The highest BCUT2D eigenvalue weighted by molar-refractivity contribution is 5.89. The molecular weight excluding hydrogens is 372 g/mol. The quantitative estimate of drug-likeness (QED) is 0.691. The number of rotatable bonds is 4. The summed E-state index contributed by atoms with van der Waals surface area (Å²) in [4.78, 5) is 27.0. The van der Waals surface area contributed by atoms with Crippen LogP contribution in [0, 0.1) is 11.3 Å². The van der Waals surface area contributed by atoms with Crippen molar-refractivity contribution in [3.63, 3.8) is 0 Å². The highest BCUT2D eigenvalue weighted by Crippen LogP contribution is 2.30. The second-order valence-electron chi connectivity index (χ2n) is 6.73. The SMILES string of the molecule is CN1C[C@@H](NC(=O)Nc2cccc(C#N)c2)C[C@H]1c1nc(-c2cnccn2)no1. The number of aromatic nitrogens is 4. The van der Waals surface area contributed by atoms with Gasteiger partial charge in [0.1, 0.15) is 5.69 Å². The van der Waals surface area contributed by atoms with Gasteiger partial charge in [-0.1, -0.05) is 11.2 Å². The van der Waals surface area contributed by atoms with Crippen LogP contribution in [-0.2, 0) is 0 Å². The zero-order valence-corrected chi connectivity index (χ0v) is 15.6. The Hall–Kier alpha value is -3.84. The minimum atomic E-state index is -0.329. The van der Waals surface area contributed by atoms with Crippen LogP contribution in [0.5, 0.6) is 0 Å². The predicted octanol–water partition coefficient (Wildman–Crippen LogP) is 1.97. The van der Waals surface area contributed by atoms with Crippen LogP contribution in [0.15, 0.2) is 47.4 Å². The Bertz CT molecular complexity index is 1050. The number of hydrogen-bond donors (Lipinski definition) is 2. The van der Waals surface area contributed by atoms with E-state index >= 15 is 0 Å². The van der Waals surface area contributed by atoms with Gasteiger partial charge in [0.2, 0.25) is 11.7 Å². The Morgan fingerprint density at radius 3 is 3.07 bits per heavy atom. The summed E-state index contributed by atoms with van der Waals surface area (Å²) in [5.74, 6) is 0.854. The zero-order chi connectivity index (χ0) is 20.2. The average Bonchev–Trinajstić information content (AvgIpc) is 3.35. The number of carbonyl (C=O) groups excluding carboxylic acids is 1. The van der Waals surface area contributed by atoms with Gasteiger partial charge in [-0.25, -0.2) is 9.78 Å². The summed E-state index contributed by atoms with van der Waals surface area (Å²) in [6.45, 7) is 0.638. The van der Waals surface area contributed by atoms with E-state index in [-0.39, 0.29) is 18.1 Å². The molecular formula is C19H18N8O2. The molecule has 2 amide bonds. The predicted molar refractivity (Wildman–Crippen MR) is 102 cm³/mol. The van der Waals surface area contributed by atoms with Crippen LogP contribution in [0.2, 0.25) is 0 Å². The van der Waals surface area contributed by atoms with Crippen LogP contribution >= 0.6 is 0 Å². The van der Waals surface area contributed by atoms with E-state index in [9.17, 15) is 4.79 Å². The molecule has 0 bridgehead atoms. The van der Waals surface area contributed by atoms with Crippen LogP contribution in [0.4, 0.5) is 10.5 Å². The standard InChI is InChI=1S/C19H18N8O2/c1-27-11-14(24-19(28)23-13-4-2-3-12(7-13)9-20)8-16(27)18-25-17(26-29-18)15-10-21-5-6-22-15/h2-7,10,14,16H,8,11H2,1H3,(H2,23,24,28)/t14-,16-/m0/s1. The van der Waals surface area contributed by atoms with Crippen LogP contribution < -0.4 is 10.6 Å². The number of anilines is 1. The largest absolute Gasteiger partial charge is 0.337 e. The number of nitrogens with zero attached hydrogens (tertiary/aromatic N) is 6. The number of nitriles is 1. The smallest absolute Gasteiger partial charge is 0.319 e. The molecule has 1 aromatic carbocycles. The van der Waals surface area contributed by atoms with E-state index in [1.54, 1.807) is 42.9 Å². The molecule has 146 valence electrons. The number of likely N-dealkylation sites (N-methyl/N-ethyl adjacent to an activating group) is 1. The van der Waals surface area contributed by atoms with Crippen LogP contribution in [0.1, 0.15) is 23.9 Å². The maximum absolute atomic E-state index is 12.3. The van der Waals surface area contributed by atoms with E-state index in [1.165, 1.54) is 0 Å². The summed E-state index contributed by atoms with van der Waals surface area (Å²) in [5.41, 5.74) is 1.59. The fourth-order valence-electron chi connectivity index (χ4n) is 3.30. The lowest BCUT2D eigenvalue weighted by Gasteiger charge is -2.14. The van der Waals surface area contributed by atoms with E-state index < -0.39 is 0 Å². The lowest BCUT2D eigenvalue weighted by molar-refractivity contribution is 0.243. The number of urea groups is 1. The van der Waals surface area contributed by atoms with Crippen molar-refractivity contribution in [1.82, 2.24) is 30.3 Å². The van der Waals surface area contributed by atoms with Gasteiger partial charge >= 0.3 is 6.03 Å². The Kier molecular flexibility index (Phi) is 5.13. The number of nitrogens with one attached hydrogen (secondary N) is 2. The normalized spacial score (nSPS) is 18.9. The van der Waals surface area contributed by atoms with Crippen molar-refractivity contribution in [1.29, 1.82) is 5.26 Å². The fraction of sp³-hybridized carbons (Fsp3) is 0.263. The molecule has 2 N–H and O–H groups in total. The summed E-state index contributed by atoms with van der Waals surface area (Å²) in [6, 6.07) is 8.27. The molecule has 2 atom stereocenters. The van der Waals surface area contributed by atoms with E-state index in [0.717, 1.165) is 0 Å². The van der Waals surface area contributed by atoms with Crippen molar-refractivity contribution in [2.24, 2.45) is 0 Å². The van der Waals surface area contributed by atoms with Gasteiger partial charge in [0.15, 0.2) is 0 Å². The molecule has 1 fully saturated rings. The third kappa shape index (κ3) is 4.20. The third-order valence-electron chi connectivity index (χ3n) is 4.65. The Morgan fingerprint density at radius 1 is 1.38 bits per heavy atom. The number of likely N-dealkylation sites (tertiary alicyclic amines) is 1. The molecule has 1 saturated heterocycles. The maximum atomic E-state index is 12.3. The Labute approximate surface area is 166 Å². The second kappa shape index (κ2) is 8.04. The second-order valence-corrected chi connectivity index (χ2v) is 6.73. The van der Waals surface area contributed by atoms with Gasteiger partial charge < -0.3 is 15.2 Å². The number of amides is 2. The molecule has 1 aliphatic heterocycles. The lowest BCUT2D eigenvalue weighted by atomic mass is 10.1.